The Bertz CT molecular complexity index is 60.6. The Morgan fingerprint density at radius 3 is 1.80 bits per heavy atom. The molecule has 3 N–H and O–H groups in total. The van der Waals surface area contributed by atoms with E-state index < -0.39 is 0 Å². The lowest BCUT2D eigenvalue weighted by Gasteiger charge is -2.10. The summed E-state index contributed by atoms with van der Waals surface area (Å²) in [4.78, 5) is 0. The first-order valence-corrected chi connectivity index (χ1v) is 3.90. The lowest BCUT2D eigenvalue weighted by atomic mass is 10.3. The first-order valence-electron chi connectivity index (χ1n) is 3.90. The lowest BCUT2D eigenvalue weighted by Crippen LogP contribution is -2.35. The highest BCUT2D eigenvalue weighted by atomic mass is 16.3. The fourth-order valence-electron chi connectivity index (χ4n) is 0.694. The monoisotopic (exact) mass is 146 g/mol. The predicted molar refractivity (Wildman–Crippen MR) is 43.1 cm³/mol. The van der Waals surface area contributed by atoms with Gasteiger partial charge in [-0.05, 0) is 13.1 Å². The zero-order valence-corrected chi connectivity index (χ0v) is 6.85. The van der Waals surface area contributed by atoms with Crippen LogP contribution in [0.4, 0.5) is 0 Å². The molecule has 10 heavy (non-hydrogen) atoms. The summed E-state index contributed by atoms with van der Waals surface area (Å²) in [5.41, 5.74) is 0. The maximum absolute atomic E-state index is 9.19. The highest BCUT2D eigenvalue weighted by molar-refractivity contribution is 4.60. The summed E-state index contributed by atoms with van der Waals surface area (Å²) in [6, 6.07) is 0. The van der Waals surface area contributed by atoms with Crippen molar-refractivity contribution in [1.82, 2.24) is 10.6 Å². The molecule has 0 aromatic heterocycles. The molecule has 0 unspecified atom stereocenters. The Morgan fingerprint density at radius 1 is 1.10 bits per heavy atom. The van der Waals surface area contributed by atoms with Crippen LogP contribution in [0.15, 0.2) is 0 Å². The van der Waals surface area contributed by atoms with Gasteiger partial charge in [0, 0.05) is 13.1 Å². The molecule has 0 aliphatic rings. The SMILES string of the molecule is CCNCC(O)CNCC. The molecule has 0 aromatic rings. The van der Waals surface area contributed by atoms with Crippen LogP contribution < -0.4 is 10.6 Å². The molecule has 3 nitrogen and oxygen atoms in total. The largest absolute Gasteiger partial charge is 0.390 e. The second-order valence-electron chi connectivity index (χ2n) is 2.27. The number of hydrogen-bond acceptors (Lipinski definition) is 3. The lowest BCUT2D eigenvalue weighted by molar-refractivity contribution is 0.170. The summed E-state index contributed by atoms with van der Waals surface area (Å²) in [5, 5.41) is 15.3. The van der Waals surface area contributed by atoms with Crippen molar-refractivity contribution in [2.24, 2.45) is 0 Å². The van der Waals surface area contributed by atoms with Crippen molar-refractivity contribution in [2.45, 2.75) is 20.0 Å². The van der Waals surface area contributed by atoms with Crippen LogP contribution in [0, 0.1) is 0 Å². The van der Waals surface area contributed by atoms with Crippen molar-refractivity contribution < 1.29 is 5.11 Å². The maximum Gasteiger partial charge on any atom is 0.0788 e. The van der Waals surface area contributed by atoms with Crippen LogP contribution in [0.2, 0.25) is 0 Å². The van der Waals surface area contributed by atoms with E-state index in [1.54, 1.807) is 0 Å². The topological polar surface area (TPSA) is 44.3 Å². The van der Waals surface area contributed by atoms with Gasteiger partial charge in [0.2, 0.25) is 0 Å². The van der Waals surface area contributed by atoms with E-state index in [0.29, 0.717) is 13.1 Å². The van der Waals surface area contributed by atoms with E-state index in [-0.39, 0.29) is 6.10 Å². The van der Waals surface area contributed by atoms with Gasteiger partial charge < -0.3 is 15.7 Å². The normalized spacial score (nSPS) is 10.8. The summed E-state index contributed by atoms with van der Waals surface area (Å²) in [6.45, 7) is 7.26. The number of hydrogen-bond donors (Lipinski definition) is 3. The van der Waals surface area contributed by atoms with E-state index in [2.05, 4.69) is 10.6 Å². The number of likely N-dealkylation sites (N-methyl/N-ethyl adjacent to an activating group) is 2. The molecule has 0 bridgehead atoms. The molecule has 0 radical (unpaired) electrons. The molecule has 0 amide bonds. The van der Waals surface area contributed by atoms with Gasteiger partial charge in [-0.2, -0.15) is 0 Å². The van der Waals surface area contributed by atoms with Crippen LogP contribution in [-0.4, -0.2) is 37.4 Å². The van der Waals surface area contributed by atoms with Gasteiger partial charge in [0.15, 0.2) is 0 Å². The Balaban J connectivity index is 3.00. The Morgan fingerprint density at radius 2 is 1.50 bits per heavy atom. The van der Waals surface area contributed by atoms with Gasteiger partial charge in [-0.3, -0.25) is 0 Å². The molecular weight excluding hydrogens is 128 g/mol. The third-order valence-electron chi connectivity index (χ3n) is 1.26. The van der Waals surface area contributed by atoms with Gasteiger partial charge in [0.1, 0.15) is 0 Å². The van der Waals surface area contributed by atoms with Crippen LogP contribution in [-0.2, 0) is 0 Å². The van der Waals surface area contributed by atoms with E-state index >= 15 is 0 Å². The fourth-order valence-corrected chi connectivity index (χ4v) is 0.694. The van der Waals surface area contributed by atoms with Crippen LogP contribution in [0.3, 0.4) is 0 Å². The zero-order valence-electron chi connectivity index (χ0n) is 6.85. The molecule has 0 saturated heterocycles. The Kier molecular flexibility index (Phi) is 6.91. The van der Waals surface area contributed by atoms with E-state index in [1.165, 1.54) is 0 Å². The van der Waals surface area contributed by atoms with Gasteiger partial charge in [-0.1, -0.05) is 13.8 Å². The second kappa shape index (κ2) is 6.99. The van der Waals surface area contributed by atoms with Gasteiger partial charge in [0.05, 0.1) is 6.10 Å². The smallest absolute Gasteiger partial charge is 0.0788 e. The van der Waals surface area contributed by atoms with Crippen LogP contribution >= 0.6 is 0 Å². The average molecular weight is 146 g/mol. The molecule has 3 heteroatoms. The van der Waals surface area contributed by atoms with Gasteiger partial charge in [-0.25, -0.2) is 0 Å². The molecule has 0 aliphatic carbocycles. The zero-order chi connectivity index (χ0) is 7.82. The summed E-state index contributed by atoms with van der Waals surface area (Å²) >= 11 is 0. The number of rotatable bonds is 6. The third-order valence-corrected chi connectivity index (χ3v) is 1.26. The first kappa shape index (κ1) is 9.88. The van der Waals surface area contributed by atoms with Crippen LogP contribution in [0.5, 0.6) is 0 Å². The summed E-state index contributed by atoms with van der Waals surface area (Å²) in [7, 11) is 0. The van der Waals surface area contributed by atoms with Gasteiger partial charge in [0.25, 0.3) is 0 Å². The molecule has 0 aliphatic heterocycles. The minimum absolute atomic E-state index is 0.250. The summed E-state index contributed by atoms with van der Waals surface area (Å²) in [5.74, 6) is 0. The van der Waals surface area contributed by atoms with Crippen molar-refractivity contribution in [3.63, 3.8) is 0 Å². The van der Waals surface area contributed by atoms with Crippen molar-refractivity contribution in [2.75, 3.05) is 26.2 Å². The minimum Gasteiger partial charge on any atom is -0.390 e. The third kappa shape index (κ3) is 6.01. The molecule has 0 spiro atoms. The Labute approximate surface area is 62.8 Å². The molecule has 0 atom stereocenters. The fraction of sp³-hybridized carbons (Fsp3) is 1.00. The highest BCUT2D eigenvalue weighted by Gasteiger charge is 1.99. The van der Waals surface area contributed by atoms with Crippen molar-refractivity contribution in [3.05, 3.63) is 0 Å². The molecule has 0 fully saturated rings. The number of aliphatic hydroxyl groups is 1. The Hall–Kier alpha value is -0.120. The second-order valence-corrected chi connectivity index (χ2v) is 2.27. The first-order chi connectivity index (χ1) is 4.81. The predicted octanol–water partition coefficient (Wildman–Crippen LogP) is -0.434. The van der Waals surface area contributed by atoms with E-state index in [1.807, 2.05) is 13.8 Å². The van der Waals surface area contributed by atoms with E-state index in [9.17, 15) is 5.11 Å². The minimum atomic E-state index is -0.250. The van der Waals surface area contributed by atoms with Crippen molar-refractivity contribution >= 4 is 0 Å². The molecule has 62 valence electrons. The number of nitrogens with one attached hydrogen (secondary N) is 2. The molecule has 0 aromatic carbocycles. The van der Waals surface area contributed by atoms with Gasteiger partial charge >= 0.3 is 0 Å². The number of aliphatic hydroxyl groups excluding tert-OH is 1. The van der Waals surface area contributed by atoms with E-state index in [0.717, 1.165) is 13.1 Å². The van der Waals surface area contributed by atoms with Crippen LogP contribution in [0.25, 0.3) is 0 Å². The maximum atomic E-state index is 9.19. The summed E-state index contributed by atoms with van der Waals surface area (Å²) in [6.07, 6.45) is -0.250. The van der Waals surface area contributed by atoms with E-state index in [4.69, 9.17) is 0 Å². The standard InChI is InChI=1S/C7H18N2O/c1-3-8-5-7(10)6-9-4-2/h7-10H,3-6H2,1-2H3. The molecular formula is C7H18N2O. The highest BCUT2D eigenvalue weighted by Crippen LogP contribution is 1.75. The molecule has 0 rings (SSSR count). The molecule has 0 saturated carbocycles. The van der Waals surface area contributed by atoms with Gasteiger partial charge in [-0.15, -0.1) is 0 Å². The summed E-state index contributed by atoms with van der Waals surface area (Å²) < 4.78 is 0. The average Bonchev–Trinajstić information content (AvgIpc) is 1.97. The van der Waals surface area contributed by atoms with Crippen LogP contribution in [0.1, 0.15) is 13.8 Å². The van der Waals surface area contributed by atoms with Crippen molar-refractivity contribution in [1.29, 1.82) is 0 Å². The van der Waals surface area contributed by atoms with Crippen molar-refractivity contribution in [3.8, 4) is 0 Å². The quantitative estimate of drug-likeness (QED) is 0.476. The molecule has 0 heterocycles.